The van der Waals surface area contributed by atoms with Gasteiger partial charge in [0.15, 0.2) is 11.5 Å². The fourth-order valence-corrected chi connectivity index (χ4v) is 3.59. The van der Waals surface area contributed by atoms with Gasteiger partial charge in [-0.3, -0.25) is 0 Å². The third-order valence-corrected chi connectivity index (χ3v) is 4.76. The summed E-state index contributed by atoms with van der Waals surface area (Å²) in [5, 5.41) is 24.2. The van der Waals surface area contributed by atoms with Gasteiger partial charge in [0.1, 0.15) is 5.65 Å². The number of aromatic nitrogens is 2. The minimum Gasteiger partial charge on any atom is -0.504 e. The van der Waals surface area contributed by atoms with Crippen LogP contribution in [0.4, 0.5) is 5.69 Å². The minimum absolute atomic E-state index is 0.126. The van der Waals surface area contributed by atoms with E-state index in [-0.39, 0.29) is 17.5 Å². The van der Waals surface area contributed by atoms with Crippen LogP contribution >= 0.6 is 0 Å². The predicted molar refractivity (Wildman–Crippen MR) is 96.8 cm³/mol. The molecule has 0 bridgehead atoms. The molecule has 5 heteroatoms. The number of rotatable bonds is 1. The first kappa shape index (κ1) is 13.9. The van der Waals surface area contributed by atoms with Crippen molar-refractivity contribution < 1.29 is 10.2 Å². The van der Waals surface area contributed by atoms with Crippen LogP contribution in [-0.4, -0.2) is 20.2 Å². The summed E-state index contributed by atoms with van der Waals surface area (Å²) in [6, 6.07) is 14.9. The second-order valence-electron chi connectivity index (χ2n) is 6.20. The maximum Gasteiger partial charge on any atom is 0.157 e. The van der Waals surface area contributed by atoms with Crippen LogP contribution in [0.5, 0.6) is 11.5 Å². The molecule has 3 heterocycles. The first-order valence-corrected chi connectivity index (χ1v) is 8.06. The van der Waals surface area contributed by atoms with Crippen LogP contribution < -0.4 is 5.32 Å². The van der Waals surface area contributed by atoms with Crippen LogP contribution in [0, 0.1) is 0 Å². The fourth-order valence-electron chi connectivity index (χ4n) is 3.59. The second-order valence-corrected chi connectivity index (χ2v) is 6.20. The summed E-state index contributed by atoms with van der Waals surface area (Å²) < 4.78 is 0. The monoisotopic (exact) mass is 329 g/mol. The summed E-state index contributed by atoms with van der Waals surface area (Å²) in [7, 11) is 0. The number of aromatic amines is 1. The summed E-state index contributed by atoms with van der Waals surface area (Å²) in [4.78, 5) is 7.69. The Labute approximate surface area is 143 Å². The van der Waals surface area contributed by atoms with E-state index in [1.165, 1.54) is 6.07 Å². The second kappa shape index (κ2) is 5.01. The van der Waals surface area contributed by atoms with Crippen molar-refractivity contribution in [2.24, 2.45) is 0 Å². The largest absolute Gasteiger partial charge is 0.504 e. The molecule has 0 radical (unpaired) electrons. The van der Waals surface area contributed by atoms with Crippen molar-refractivity contribution >= 4 is 16.7 Å². The molecule has 0 aliphatic carbocycles. The van der Waals surface area contributed by atoms with E-state index in [0.717, 1.165) is 39.0 Å². The normalized spacial score (nSPS) is 15.4. The summed E-state index contributed by atoms with van der Waals surface area (Å²) in [5.41, 5.74) is 6.00. The Morgan fingerprint density at radius 1 is 0.920 bits per heavy atom. The molecule has 2 aromatic carbocycles. The molecule has 4 aromatic rings. The quantitative estimate of drug-likeness (QED) is 0.395. The lowest BCUT2D eigenvalue weighted by atomic mass is 9.97. The SMILES string of the molecule is Oc1ccc(C2Nc3ccccc3-c3ccnc4[nH]cc2c34)cc1O. The van der Waals surface area contributed by atoms with Gasteiger partial charge in [-0.2, -0.15) is 0 Å². The number of phenolic OH excluding ortho intramolecular Hbond substituents is 2. The highest BCUT2D eigenvalue weighted by Crippen LogP contribution is 2.44. The molecule has 1 unspecified atom stereocenters. The maximum absolute atomic E-state index is 9.94. The lowest BCUT2D eigenvalue weighted by molar-refractivity contribution is 0.403. The van der Waals surface area contributed by atoms with Crippen LogP contribution in [0.3, 0.4) is 0 Å². The number of benzene rings is 2. The molecule has 0 amide bonds. The molecule has 1 aliphatic rings. The number of anilines is 1. The number of hydrogen-bond donors (Lipinski definition) is 4. The van der Waals surface area contributed by atoms with E-state index in [9.17, 15) is 10.2 Å². The summed E-state index contributed by atoms with van der Waals surface area (Å²) in [6.07, 6.45) is 3.76. The van der Waals surface area contributed by atoms with Gasteiger partial charge in [0, 0.05) is 34.6 Å². The molecule has 25 heavy (non-hydrogen) atoms. The van der Waals surface area contributed by atoms with E-state index in [1.54, 1.807) is 12.3 Å². The number of para-hydroxylation sites is 1. The summed E-state index contributed by atoms with van der Waals surface area (Å²) in [5.74, 6) is -0.255. The zero-order valence-corrected chi connectivity index (χ0v) is 13.2. The Morgan fingerprint density at radius 3 is 2.68 bits per heavy atom. The van der Waals surface area contributed by atoms with E-state index < -0.39 is 0 Å². The Morgan fingerprint density at radius 2 is 1.80 bits per heavy atom. The highest BCUT2D eigenvalue weighted by atomic mass is 16.3. The molecule has 2 aromatic heterocycles. The molecule has 1 aliphatic heterocycles. The smallest absolute Gasteiger partial charge is 0.157 e. The number of phenols is 2. The third-order valence-electron chi connectivity index (χ3n) is 4.76. The van der Waals surface area contributed by atoms with Crippen molar-refractivity contribution in [2.45, 2.75) is 6.04 Å². The van der Waals surface area contributed by atoms with Gasteiger partial charge in [-0.15, -0.1) is 0 Å². The highest BCUT2D eigenvalue weighted by Gasteiger charge is 2.26. The van der Waals surface area contributed by atoms with Gasteiger partial charge in [-0.1, -0.05) is 24.3 Å². The zero-order valence-electron chi connectivity index (χ0n) is 13.2. The molecular formula is C20H15N3O2. The third kappa shape index (κ3) is 1.99. The molecule has 0 fully saturated rings. The Balaban J connectivity index is 1.83. The average Bonchev–Trinajstić information content (AvgIpc) is 3.00. The molecule has 0 spiro atoms. The molecule has 0 saturated heterocycles. The number of hydrogen-bond acceptors (Lipinski definition) is 4. The number of nitrogens with one attached hydrogen (secondary N) is 2. The topological polar surface area (TPSA) is 81.2 Å². The summed E-state index contributed by atoms with van der Waals surface area (Å²) in [6.45, 7) is 0. The van der Waals surface area contributed by atoms with Crippen molar-refractivity contribution in [3.8, 4) is 22.6 Å². The van der Waals surface area contributed by atoms with Crippen LogP contribution in [-0.2, 0) is 0 Å². The molecular weight excluding hydrogens is 314 g/mol. The standard InChI is InChI=1S/C20H15N3O2/c24-16-6-5-11(9-17(16)25)19-14-10-22-20-18(14)13(7-8-21-20)12-3-1-2-4-15(12)23-19/h1-10,19,23-25H,(H,21,22). The van der Waals surface area contributed by atoms with Gasteiger partial charge >= 0.3 is 0 Å². The van der Waals surface area contributed by atoms with Gasteiger partial charge in [-0.05, 0) is 35.4 Å². The van der Waals surface area contributed by atoms with Crippen LogP contribution in [0.25, 0.3) is 22.2 Å². The average molecular weight is 329 g/mol. The number of aromatic hydroxyl groups is 2. The maximum atomic E-state index is 9.94. The van der Waals surface area contributed by atoms with Crippen LogP contribution in [0.1, 0.15) is 17.2 Å². The molecule has 5 nitrogen and oxygen atoms in total. The van der Waals surface area contributed by atoms with E-state index in [4.69, 9.17) is 0 Å². The van der Waals surface area contributed by atoms with Crippen molar-refractivity contribution in [1.82, 2.24) is 9.97 Å². The fraction of sp³-hybridized carbons (Fsp3) is 0.0500. The van der Waals surface area contributed by atoms with Gasteiger partial charge in [0.2, 0.25) is 0 Å². The lowest BCUT2D eigenvalue weighted by Gasteiger charge is -2.20. The van der Waals surface area contributed by atoms with Crippen molar-refractivity contribution in [1.29, 1.82) is 0 Å². The van der Waals surface area contributed by atoms with Crippen molar-refractivity contribution in [3.05, 3.63) is 72.1 Å². The van der Waals surface area contributed by atoms with Gasteiger partial charge < -0.3 is 20.5 Å². The van der Waals surface area contributed by atoms with E-state index >= 15 is 0 Å². The number of pyridine rings is 1. The van der Waals surface area contributed by atoms with Crippen molar-refractivity contribution in [3.63, 3.8) is 0 Å². The lowest BCUT2D eigenvalue weighted by Crippen LogP contribution is -2.11. The van der Waals surface area contributed by atoms with Gasteiger partial charge in [0.25, 0.3) is 0 Å². The highest BCUT2D eigenvalue weighted by molar-refractivity contribution is 6.01. The number of nitrogens with zero attached hydrogens (tertiary/aromatic N) is 1. The Bertz CT molecular complexity index is 1120. The van der Waals surface area contributed by atoms with Crippen molar-refractivity contribution in [2.75, 3.05) is 5.32 Å². The minimum atomic E-state index is -0.174. The van der Waals surface area contributed by atoms with E-state index in [1.807, 2.05) is 36.5 Å². The molecule has 1 atom stereocenters. The Hall–Kier alpha value is -3.47. The molecule has 5 rings (SSSR count). The van der Waals surface area contributed by atoms with Crippen LogP contribution in [0.15, 0.2) is 60.9 Å². The van der Waals surface area contributed by atoms with E-state index in [0.29, 0.717) is 0 Å². The number of fused-ring (bicyclic) bond motifs is 2. The zero-order chi connectivity index (χ0) is 17.0. The van der Waals surface area contributed by atoms with E-state index in [2.05, 4.69) is 21.4 Å². The van der Waals surface area contributed by atoms with Crippen LogP contribution in [0.2, 0.25) is 0 Å². The molecule has 122 valence electrons. The van der Waals surface area contributed by atoms with Gasteiger partial charge in [-0.25, -0.2) is 4.98 Å². The first-order chi connectivity index (χ1) is 12.2. The predicted octanol–water partition coefficient (Wildman–Crippen LogP) is 4.16. The first-order valence-electron chi connectivity index (χ1n) is 8.06. The molecule has 0 saturated carbocycles. The number of H-pyrrole nitrogens is 1. The Kier molecular flexibility index (Phi) is 2.79. The summed E-state index contributed by atoms with van der Waals surface area (Å²) >= 11 is 0. The molecule has 4 N–H and O–H groups in total. The van der Waals surface area contributed by atoms with Gasteiger partial charge in [0.05, 0.1) is 6.04 Å².